The standard InChI is InChI=1S/C17H17N5O2/c1-12-9-21(20-19-12)10-15-11-22(16(23)24-15)14-5-3-13(4-6-14)17(18-2)7-8-17/h3-6,9,15H,7-8,10-11H2,1H3/t15-/m0/s1. The average molecular weight is 323 g/mol. The van der Waals surface area contributed by atoms with Gasteiger partial charge in [-0.25, -0.2) is 16.0 Å². The molecule has 2 heterocycles. The molecule has 4 rings (SSSR count). The van der Waals surface area contributed by atoms with Crippen molar-refractivity contribution in [3.63, 3.8) is 0 Å². The Labute approximate surface area is 139 Å². The number of rotatable bonds is 4. The number of carbonyl (C=O) groups excluding carboxylic acids is 1. The third kappa shape index (κ3) is 2.50. The van der Waals surface area contributed by atoms with Gasteiger partial charge in [-0.2, -0.15) is 0 Å². The summed E-state index contributed by atoms with van der Waals surface area (Å²) in [5.74, 6) is 0. The molecule has 1 aliphatic carbocycles. The minimum Gasteiger partial charge on any atom is -0.442 e. The van der Waals surface area contributed by atoms with Crippen molar-refractivity contribution in [1.29, 1.82) is 0 Å². The normalized spacial score (nSPS) is 21.4. The van der Waals surface area contributed by atoms with E-state index >= 15 is 0 Å². The lowest BCUT2D eigenvalue weighted by Gasteiger charge is -2.13. The third-order valence-electron chi connectivity index (χ3n) is 4.57. The average Bonchev–Trinajstić information content (AvgIpc) is 3.16. The van der Waals surface area contributed by atoms with Crippen LogP contribution in [0.2, 0.25) is 0 Å². The Hall–Kier alpha value is -2.88. The van der Waals surface area contributed by atoms with E-state index in [1.165, 1.54) is 0 Å². The van der Waals surface area contributed by atoms with Crippen LogP contribution < -0.4 is 4.90 Å². The summed E-state index contributed by atoms with van der Waals surface area (Å²) < 4.78 is 7.11. The second-order valence-electron chi connectivity index (χ2n) is 6.39. The van der Waals surface area contributed by atoms with Gasteiger partial charge in [0.2, 0.25) is 0 Å². The number of nitrogens with zero attached hydrogens (tertiary/aromatic N) is 5. The fourth-order valence-corrected chi connectivity index (χ4v) is 3.06. The lowest BCUT2D eigenvalue weighted by molar-refractivity contribution is 0.129. The highest BCUT2D eigenvalue weighted by Crippen LogP contribution is 2.49. The first-order valence-electron chi connectivity index (χ1n) is 7.94. The van der Waals surface area contributed by atoms with E-state index in [1.807, 2.05) is 37.4 Å². The van der Waals surface area contributed by atoms with Gasteiger partial charge >= 0.3 is 6.09 Å². The molecular weight excluding hydrogens is 306 g/mol. The maximum absolute atomic E-state index is 12.1. The van der Waals surface area contributed by atoms with Gasteiger partial charge in [0.1, 0.15) is 6.10 Å². The van der Waals surface area contributed by atoms with Crippen LogP contribution in [0.5, 0.6) is 0 Å². The molecule has 1 aromatic carbocycles. The van der Waals surface area contributed by atoms with Crippen molar-refractivity contribution >= 4 is 11.8 Å². The molecular formula is C17H17N5O2. The van der Waals surface area contributed by atoms with Crippen molar-refractivity contribution < 1.29 is 9.53 Å². The molecule has 2 aromatic rings. The summed E-state index contributed by atoms with van der Waals surface area (Å²) in [6.45, 7) is 10.2. The molecule has 7 heteroatoms. The van der Waals surface area contributed by atoms with Gasteiger partial charge in [-0.1, -0.05) is 5.21 Å². The van der Waals surface area contributed by atoms with Gasteiger partial charge in [0.05, 0.1) is 18.8 Å². The molecule has 122 valence electrons. The summed E-state index contributed by atoms with van der Waals surface area (Å²) in [5.41, 5.74) is 2.34. The molecule has 2 fully saturated rings. The second-order valence-corrected chi connectivity index (χ2v) is 6.39. The quantitative estimate of drug-likeness (QED) is 0.811. The summed E-state index contributed by atoms with van der Waals surface area (Å²) in [6.07, 6.45) is 3.06. The minimum atomic E-state index is -0.351. The van der Waals surface area contributed by atoms with Crippen LogP contribution in [0.25, 0.3) is 4.85 Å². The minimum absolute atomic E-state index is 0.253. The molecule has 1 aliphatic heterocycles. The molecule has 0 N–H and O–H groups in total. The molecule has 7 nitrogen and oxygen atoms in total. The van der Waals surface area contributed by atoms with E-state index < -0.39 is 0 Å². The first-order valence-corrected chi connectivity index (χ1v) is 7.94. The number of hydrogen-bond acceptors (Lipinski definition) is 4. The fraction of sp³-hybridized carbons (Fsp3) is 0.412. The fourth-order valence-electron chi connectivity index (χ4n) is 3.06. The highest BCUT2D eigenvalue weighted by Gasteiger charge is 2.52. The topological polar surface area (TPSA) is 64.6 Å². The number of aromatic nitrogens is 3. The van der Waals surface area contributed by atoms with E-state index in [2.05, 4.69) is 15.2 Å². The predicted octanol–water partition coefficient (Wildman–Crippen LogP) is 2.52. The van der Waals surface area contributed by atoms with Gasteiger partial charge in [0.25, 0.3) is 5.54 Å². The molecule has 1 saturated heterocycles. The Balaban J connectivity index is 1.46. The zero-order chi connectivity index (χ0) is 16.7. The van der Waals surface area contributed by atoms with Crippen molar-refractivity contribution in [3.05, 3.63) is 53.1 Å². The summed E-state index contributed by atoms with van der Waals surface area (Å²) in [7, 11) is 0. The van der Waals surface area contributed by atoms with Crippen molar-refractivity contribution in [3.8, 4) is 0 Å². The van der Waals surface area contributed by atoms with Gasteiger partial charge in [0, 0.05) is 30.3 Å². The van der Waals surface area contributed by atoms with Gasteiger partial charge in [-0.05, 0) is 31.2 Å². The molecule has 0 unspecified atom stereocenters. The number of amides is 1. The van der Waals surface area contributed by atoms with E-state index in [1.54, 1.807) is 9.58 Å². The number of benzene rings is 1. The van der Waals surface area contributed by atoms with E-state index in [0.29, 0.717) is 13.1 Å². The van der Waals surface area contributed by atoms with Crippen molar-refractivity contribution in [1.82, 2.24) is 15.0 Å². The maximum Gasteiger partial charge on any atom is 0.414 e. The van der Waals surface area contributed by atoms with Crippen LogP contribution in [0.15, 0.2) is 30.5 Å². The summed E-state index contributed by atoms with van der Waals surface area (Å²) in [6, 6.07) is 7.68. The van der Waals surface area contributed by atoms with E-state index in [4.69, 9.17) is 11.3 Å². The Morgan fingerprint density at radius 2 is 2.12 bits per heavy atom. The predicted molar refractivity (Wildman–Crippen MR) is 86.3 cm³/mol. The molecule has 0 bridgehead atoms. The van der Waals surface area contributed by atoms with Gasteiger partial charge < -0.3 is 9.58 Å². The smallest absolute Gasteiger partial charge is 0.414 e. The summed E-state index contributed by atoms with van der Waals surface area (Å²) in [5, 5.41) is 7.92. The largest absolute Gasteiger partial charge is 0.442 e. The summed E-state index contributed by atoms with van der Waals surface area (Å²) in [4.78, 5) is 17.5. The molecule has 24 heavy (non-hydrogen) atoms. The van der Waals surface area contributed by atoms with Crippen molar-refractivity contribution in [2.24, 2.45) is 0 Å². The van der Waals surface area contributed by atoms with Crippen LogP contribution in [-0.2, 0) is 16.8 Å². The number of hydrogen-bond donors (Lipinski definition) is 0. The zero-order valence-corrected chi connectivity index (χ0v) is 13.3. The highest BCUT2D eigenvalue weighted by atomic mass is 16.6. The lowest BCUT2D eigenvalue weighted by atomic mass is 10.1. The lowest BCUT2D eigenvalue weighted by Crippen LogP contribution is -2.26. The van der Waals surface area contributed by atoms with Crippen LogP contribution in [-0.4, -0.2) is 33.7 Å². The van der Waals surface area contributed by atoms with Crippen LogP contribution in [0, 0.1) is 13.5 Å². The van der Waals surface area contributed by atoms with E-state index in [9.17, 15) is 4.79 Å². The first-order chi connectivity index (χ1) is 11.6. The van der Waals surface area contributed by atoms with Gasteiger partial charge in [-0.15, -0.1) is 5.10 Å². The molecule has 2 aliphatic rings. The zero-order valence-electron chi connectivity index (χ0n) is 13.3. The van der Waals surface area contributed by atoms with Gasteiger partial charge in [0.15, 0.2) is 0 Å². The SMILES string of the molecule is [C-]#[N+]C1(c2ccc(N3C[C@H](Cn4cc(C)nn4)OC3=O)cc2)CC1. The Kier molecular flexibility index (Phi) is 3.27. The molecule has 1 atom stereocenters. The highest BCUT2D eigenvalue weighted by molar-refractivity contribution is 5.89. The molecule has 0 radical (unpaired) electrons. The summed E-state index contributed by atoms with van der Waals surface area (Å²) >= 11 is 0. The Morgan fingerprint density at radius 1 is 1.38 bits per heavy atom. The molecule has 0 spiro atoms. The number of ether oxygens (including phenoxy) is 1. The Bertz CT molecular complexity index is 816. The number of anilines is 1. The second kappa shape index (κ2) is 5.34. The van der Waals surface area contributed by atoms with Crippen molar-refractivity contribution in [2.75, 3.05) is 11.4 Å². The first kappa shape index (κ1) is 14.7. The van der Waals surface area contributed by atoms with Crippen LogP contribution in [0.3, 0.4) is 0 Å². The number of aryl methyl sites for hydroxylation is 1. The third-order valence-corrected chi connectivity index (χ3v) is 4.57. The molecule has 1 amide bonds. The van der Waals surface area contributed by atoms with Crippen LogP contribution >= 0.6 is 0 Å². The number of carbonyl (C=O) groups is 1. The van der Waals surface area contributed by atoms with E-state index in [0.717, 1.165) is 29.8 Å². The molecule has 1 saturated carbocycles. The maximum atomic E-state index is 12.1. The molecule has 1 aromatic heterocycles. The van der Waals surface area contributed by atoms with Crippen LogP contribution in [0.4, 0.5) is 10.5 Å². The van der Waals surface area contributed by atoms with Crippen molar-refractivity contribution in [2.45, 2.75) is 38.0 Å². The van der Waals surface area contributed by atoms with Gasteiger partial charge in [-0.3, -0.25) is 4.90 Å². The number of cyclic esters (lactones) is 1. The monoisotopic (exact) mass is 323 g/mol. The Morgan fingerprint density at radius 3 is 2.71 bits per heavy atom. The van der Waals surface area contributed by atoms with E-state index in [-0.39, 0.29) is 17.7 Å². The van der Waals surface area contributed by atoms with Crippen LogP contribution in [0.1, 0.15) is 24.1 Å².